The van der Waals surface area contributed by atoms with Gasteiger partial charge in [0.1, 0.15) is 0 Å². The number of ketones is 1. The van der Waals surface area contributed by atoms with Crippen molar-refractivity contribution in [2.24, 2.45) is 0 Å². The van der Waals surface area contributed by atoms with Crippen molar-refractivity contribution >= 4 is 34.6 Å². The SMILES string of the molecule is CCOC(=O)N(CC(=O)c1cn(C(C)=O)c2ccccc12)c1ccco1. The molecule has 0 aliphatic heterocycles. The van der Waals surface area contributed by atoms with Gasteiger partial charge in [-0.1, -0.05) is 18.2 Å². The molecule has 0 atom stereocenters. The second kappa shape index (κ2) is 7.26. The molecule has 3 aromatic rings. The van der Waals surface area contributed by atoms with E-state index in [-0.39, 0.29) is 30.7 Å². The number of hydrogen-bond donors (Lipinski definition) is 0. The van der Waals surface area contributed by atoms with Crippen LogP contribution in [-0.4, -0.2) is 35.5 Å². The Balaban J connectivity index is 1.97. The van der Waals surface area contributed by atoms with E-state index in [9.17, 15) is 14.4 Å². The highest BCUT2D eigenvalue weighted by Gasteiger charge is 2.25. The molecule has 26 heavy (non-hydrogen) atoms. The topological polar surface area (TPSA) is 81.8 Å². The minimum Gasteiger partial charge on any atom is -0.449 e. The molecule has 2 aromatic heterocycles. The minimum atomic E-state index is -0.675. The molecule has 2 heterocycles. The van der Waals surface area contributed by atoms with Crippen LogP contribution in [-0.2, 0) is 4.74 Å². The molecule has 7 heteroatoms. The Morgan fingerprint density at radius 2 is 1.92 bits per heavy atom. The van der Waals surface area contributed by atoms with Crippen molar-refractivity contribution < 1.29 is 23.5 Å². The molecule has 0 radical (unpaired) electrons. The van der Waals surface area contributed by atoms with E-state index in [2.05, 4.69) is 0 Å². The van der Waals surface area contributed by atoms with Crippen molar-refractivity contribution in [3.8, 4) is 0 Å². The average Bonchev–Trinajstić information content (AvgIpc) is 3.27. The molecule has 0 bridgehead atoms. The van der Waals surface area contributed by atoms with E-state index in [1.54, 1.807) is 43.3 Å². The summed E-state index contributed by atoms with van der Waals surface area (Å²) in [7, 11) is 0. The molecular weight excluding hydrogens is 336 g/mol. The van der Waals surface area contributed by atoms with E-state index in [1.807, 2.05) is 0 Å². The van der Waals surface area contributed by atoms with Crippen molar-refractivity contribution in [1.29, 1.82) is 0 Å². The highest BCUT2D eigenvalue weighted by molar-refractivity contribution is 6.13. The number of benzene rings is 1. The Kier molecular flexibility index (Phi) is 4.88. The Hall–Kier alpha value is -3.35. The van der Waals surface area contributed by atoms with Crippen molar-refractivity contribution in [3.05, 3.63) is 54.4 Å². The molecule has 0 spiro atoms. The van der Waals surface area contributed by atoms with E-state index in [1.165, 1.54) is 24.0 Å². The number of carbonyl (C=O) groups excluding carboxylic acids is 3. The van der Waals surface area contributed by atoms with Crippen molar-refractivity contribution in [2.75, 3.05) is 18.1 Å². The first-order valence-electron chi connectivity index (χ1n) is 8.15. The molecule has 1 amide bonds. The van der Waals surface area contributed by atoms with Gasteiger partial charge in [-0.05, 0) is 19.1 Å². The summed E-state index contributed by atoms with van der Waals surface area (Å²) in [5, 5.41) is 0.649. The van der Waals surface area contributed by atoms with Gasteiger partial charge >= 0.3 is 6.09 Å². The largest absolute Gasteiger partial charge is 0.449 e. The lowest BCUT2D eigenvalue weighted by Gasteiger charge is -2.18. The average molecular weight is 354 g/mol. The van der Waals surface area contributed by atoms with E-state index >= 15 is 0 Å². The van der Waals surface area contributed by atoms with Crippen LogP contribution in [0.1, 0.15) is 29.0 Å². The van der Waals surface area contributed by atoms with Gasteiger partial charge in [0.25, 0.3) is 0 Å². The van der Waals surface area contributed by atoms with E-state index in [0.29, 0.717) is 16.5 Å². The Morgan fingerprint density at radius 3 is 2.58 bits per heavy atom. The molecule has 0 saturated carbocycles. The molecule has 0 fully saturated rings. The molecule has 0 unspecified atom stereocenters. The first-order valence-corrected chi connectivity index (χ1v) is 8.15. The predicted molar refractivity (Wildman–Crippen MR) is 95.6 cm³/mol. The fourth-order valence-electron chi connectivity index (χ4n) is 2.75. The zero-order chi connectivity index (χ0) is 18.7. The summed E-state index contributed by atoms with van der Waals surface area (Å²) < 4.78 is 11.7. The molecule has 0 N–H and O–H groups in total. The van der Waals surface area contributed by atoms with Crippen LogP contribution in [0.2, 0.25) is 0 Å². The molecule has 134 valence electrons. The Bertz CT molecular complexity index is 956. The van der Waals surface area contributed by atoms with Crippen molar-refractivity contribution in [1.82, 2.24) is 4.57 Å². The number of carbonyl (C=O) groups is 3. The van der Waals surface area contributed by atoms with Crippen LogP contribution in [0.3, 0.4) is 0 Å². The number of rotatable bonds is 5. The number of furan rings is 1. The summed E-state index contributed by atoms with van der Waals surface area (Å²) in [6.07, 6.45) is 2.24. The first-order chi connectivity index (χ1) is 12.5. The number of amides is 1. The summed E-state index contributed by atoms with van der Waals surface area (Å²) in [5.74, 6) is -0.314. The molecule has 0 saturated heterocycles. The van der Waals surface area contributed by atoms with Gasteiger partial charge in [-0.2, -0.15) is 0 Å². The third-order valence-corrected chi connectivity index (χ3v) is 3.91. The van der Waals surface area contributed by atoms with E-state index < -0.39 is 6.09 Å². The maximum Gasteiger partial charge on any atom is 0.417 e. The van der Waals surface area contributed by atoms with Gasteiger partial charge in [0.15, 0.2) is 5.78 Å². The minimum absolute atomic E-state index is 0.174. The second-order valence-electron chi connectivity index (χ2n) is 5.61. The zero-order valence-corrected chi connectivity index (χ0v) is 14.5. The molecule has 0 aliphatic carbocycles. The molecular formula is C19H18N2O5. The summed E-state index contributed by atoms with van der Waals surface area (Å²) in [4.78, 5) is 38.1. The van der Waals surface area contributed by atoms with Crippen LogP contribution in [0.25, 0.3) is 10.9 Å². The zero-order valence-electron chi connectivity index (χ0n) is 14.5. The Labute approximate surface area is 149 Å². The second-order valence-corrected chi connectivity index (χ2v) is 5.61. The number of Topliss-reactive ketones (excluding diaryl/α,β-unsaturated/α-hetero) is 1. The van der Waals surface area contributed by atoms with Gasteiger partial charge in [-0.25, -0.2) is 9.69 Å². The summed E-state index contributed by atoms with van der Waals surface area (Å²) in [6, 6.07) is 10.3. The van der Waals surface area contributed by atoms with Crippen LogP contribution < -0.4 is 4.90 Å². The lowest BCUT2D eigenvalue weighted by molar-refractivity contribution is 0.0941. The Morgan fingerprint density at radius 1 is 1.15 bits per heavy atom. The van der Waals surface area contributed by atoms with Gasteiger partial charge in [-0.15, -0.1) is 0 Å². The standard InChI is InChI=1S/C19H18N2O5/c1-3-25-19(24)21(18-9-6-10-26-18)12-17(23)15-11-20(13(2)22)16-8-5-4-7-14(15)16/h4-11H,3,12H2,1-2H3. The number of nitrogens with zero attached hydrogens (tertiary/aromatic N) is 2. The molecule has 0 aliphatic rings. The van der Waals surface area contributed by atoms with Crippen molar-refractivity contribution in [2.45, 2.75) is 13.8 Å². The summed E-state index contributed by atoms with van der Waals surface area (Å²) in [5.41, 5.74) is 1.00. The van der Waals surface area contributed by atoms with Crippen molar-refractivity contribution in [3.63, 3.8) is 0 Å². The highest BCUT2D eigenvalue weighted by Crippen LogP contribution is 2.23. The third kappa shape index (κ3) is 3.23. The fourth-order valence-corrected chi connectivity index (χ4v) is 2.75. The van der Waals surface area contributed by atoms with Gasteiger partial charge in [-0.3, -0.25) is 14.2 Å². The van der Waals surface area contributed by atoms with Crippen LogP contribution in [0, 0.1) is 0 Å². The van der Waals surface area contributed by atoms with Crippen LogP contribution in [0.15, 0.2) is 53.3 Å². The van der Waals surface area contributed by atoms with Gasteiger partial charge in [0.2, 0.25) is 11.8 Å². The van der Waals surface area contributed by atoms with Gasteiger partial charge in [0.05, 0.1) is 24.9 Å². The first kappa shape index (κ1) is 17.5. The molecule has 1 aromatic carbocycles. The predicted octanol–water partition coefficient (Wildman–Crippen LogP) is 3.74. The van der Waals surface area contributed by atoms with Gasteiger partial charge < -0.3 is 9.15 Å². The number of anilines is 1. The molecule has 7 nitrogen and oxygen atoms in total. The monoisotopic (exact) mass is 354 g/mol. The van der Waals surface area contributed by atoms with Crippen LogP contribution in [0.5, 0.6) is 0 Å². The summed E-state index contributed by atoms with van der Waals surface area (Å²) in [6.45, 7) is 3.01. The van der Waals surface area contributed by atoms with E-state index in [0.717, 1.165) is 4.90 Å². The number of aromatic nitrogens is 1. The highest BCUT2D eigenvalue weighted by atomic mass is 16.6. The molecule has 3 rings (SSSR count). The number of para-hydroxylation sites is 1. The summed E-state index contributed by atoms with van der Waals surface area (Å²) >= 11 is 0. The third-order valence-electron chi connectivity index (χ3n) is 3.91. The lowest BCUT2D eigenvalue weighted by Crippen LogP contribution is -2.36. The normalized spacial score (nSPS) is 10.7. The maximum absolute atomic E-state index is 12.9. The van der Waals surface area contributed by atoms with Crippen LogP contribution in [0.4, 0.5) is 10.7 Å². The number of ether oxygens (including phenoxy) is 1. The quantitative estimate of drug-likeness (QED) is 0.652. The van der Waals surface area contributed by atoms with E-state index in [4.69, 9.17) is 9.15 Å². The number of fused-ring (bicyclic) bond motifs is 1. The number of hydrogen-bond acceptors (Lipinski definition) is 5. The van der Waals surface area contributed by atoms with Crippen LogP contribution >= 0.6 is 0 Å². The fraction of sp³-hybridized carbons (Fsp3) is 0.211. The van der Waals surface area contributed by atoms with Gasteiger partial charge in [0, 0.05) is 30.1 Å². The smallest absolute Gasteiger partial charge is 0.417 e. The maximum atomic E-state index is 12.9. The lowest BCUT2D eigenvalue weighted by atomic mass is 10.1.